The van der Waals surface area contributed by atoms with Gasteiger partial charge in [-0.2, -0.15) is 5.10 Å². The topological polar surface area (TPSA) is 65.4 Å². The van der Waals surface area contributed by atoms with Gasteiger partial charge in [-0.1, -0.05) is 12.1 Å². The lowest BCUT2D eigenvalue weighted by Crippen LogP contribution is -2.26. The zero-order valence-corrected chi connectivity index (χ0v) is 16.2. The number of carbonyl (C=O) groups is 1. The van der Waals surface area contributed by atoms with E-state index in [1.54, 1.807) is 6.08 Å². The van der Waals surface area contributed by atoms with Gasteiger partial charge in [0.05, 0.1) is 17.5 Å². The van der Waals surface area contributed by atoms with Crippen LogP contribution < -0.4 is 10.1 Å². The Balaban J connectivity index is 1.62. The average molecular weight is 369 g/mol. The van der Waals surface area contributed by atoms with E-state index in [1.807, 2.05) is 49.8 Å². The summed E-state index contributed by atoms with van der Waals surface area (Å²) in [4.78, 5) is 12.4. The number of nitrogens with one attached hydrogen (secondary N) is 1. The van der Waals surface area contributed by atoms with Crippen molar-refractivity contribution in [2.75, 3.05) is 18.5 Å². The second-order valence-corrected chi connectivity index (χ2v) is 6.83. The summed E-state index contributed by atoms with van der Waals surface area (Å²) in [5.74, 6) is 0.449. The Bertz CT molecular complexity index is 820. The molecule has 1 aromatic carbocycles. The standard InChI is InChI=1S/C21H27N3O3/c1-15-18(16(2)24(3)23-15)11-12-21(25)22-19-9-4-5-10-20(19)27-14-17-8-6-7-13-26-17/h4-5,9-12,17H,6-8,13-14H2,1-3H3,(H,22,25). The lowest BCUT2D eigenvalue weighted by Gasteiger charge is -2.23. The fraction of sp³-hybridized carbons (Fsp3) is 0.429. The molecule has 2 heterocycles. The summed E-state index contributed by atoms with van der Waals surface area (Å²) in [5, 5.41) is 7.25. The van der Waals surface area contributed by atoms with Crippen molar-refractivity contribution in [1.29, 1.82) is 0 Å². The minimum atomic E-state index is -0.206. The maximum absolute atomic E-state index is 12.4. The number of benzene rings is 1. The van der Waals surface area contributed by atoms with Crippen molar-refractivity contribution >= 4 is 17.7 Å². The van der Waals surface area contributed by atoms with Crippen molar-refractivity contribution in [1.82, 2.24) is 9.78 Å². The molecule has 1 aliphatic rings. The van der Waals surface area contributed by atoms with E-state index in [-0.39, 0.29) is 12.0 Å². The van der Waals surface area contributed by atoms with Crippen molar-refractivity contribution in [2.45, 2.75) is 39.2 Å². The number of para-hydroxylation sites is 2. The molecule has 3 rings (SSSR count). The number of aromatic nitrogens is 2. The summed E-state index contributed by atoms with van der Waals surface area (Å²) in [6.45, 7) is 5.20. The predicted octanol–water partition coefficient (Wildman–Crippen LogP) is 3.64. The molecule has 1 fully saturated rings. The quantitative estimate of drug-likeness (QED) is 0.790. The summed E-state index contributed by atoms with van der Waals surface area (Å²) in [7, 11) is 1.89. The first-order valence-corrected chi connectivity index (χ1v) is 9.37. The number of carbonyl (C=O) groups excluding carboxylic acids is 1. The van der Waals surface area contributed by atoms with Gasteiger partial charge in [-0.15, -0.1) is 0 Å². The smallest absolute Gasteiger partial charge is 0.248 e. The molecule has 1 atom stereocenters. The molecule has 0 aliphatic carbocycles. The summed E-state index contributed by atoms with van der Waals surface area (Å²) in [6.07, 6.45) is 6.75. The predicted molar refractivity (Wildman–Crippen MR) is 106 cm³/mol. The SMILES string of the molecule is Cc1nn(C)c(C)c1C=CC(=O)Nc1ccccc1OCC1CCCCO1. The minimum Gasteiger partial charge on any atom is -0.489 e. The highest BCUT2D eigenvalue weighted by atomic mass is 16.5. The van der Waals surface area contributed by atoms with Crippen molar-refractivity contribution in [3.05, 3.63) is 47.3 Å². The van der Waals surface area contributed by atoms with Gasteiger partial charge in [0, 0.05) is 31.0 Å². The van der Waals surface area contributed by atoms with E-state index in [0.717, 1.165) is 36.4 Å². The third-order valence-electron chi connectivity index (χ3n) is 4.81. The highest BCUT2D eigenvalue weighted by Crippen LogP contribution is 2.25. The van der Waals surface area contributed by atoms with E-state index in [2.05, 4.69) is 10.4 Å². The highest BCUT2D eigenvalue weighted by molar-refractivity contribution is 6.02. The van der Waals surface area contributed by atoms with E-state index in [9.17, 15) is 4.79 Å². The van der Waals surface area contributed by atoms with E-state index < -0.39 is 0 Å². The molecule has 1 aliphatic heterocycles. The van der Waals surface area contributed by atoms with Crippen LogP contribution in [-0.4, -0.2) is 35.0 Å². The van der Waals surface area contributed by atoms with Crippen molar-refractivity contribution in [2.24, 2.45) is 7.05 Å². The van der Waals surface area contributed by atoms with E-state index in [1.165, 1.54) is 12.5 Å². The molecule has 0 saturated carbocycles. The molecule has 6 heteroatoms. The molecule has 1 N–H and O–H groups in total. The van der Waals surface area contributed by atoms with Crippen LogP contribution in [0.2, 0.25) is 0 Å². The Morgan fingerprint density at radius 3 is 2.89 bits per heavy atom. The molecular weight excluding hydrogens is 342 g/mol. The van der Waals surface area contributed by atoms with E-state index >= 15 is 0 Å². The lowest BCUT2D eigenvalue weighted by atomic mass is 10.1. The number of nitrogens with zero attached hydrogens (tertiary/aromatic N) is 2. The van der Waals surface area contributed by atoms with Gasteiger partial charge >= 0.3 is 0 Å². The van der Waals surface area contributed by atoms with Crippen LogP contribution in [0.15, 0.2) is 30.3 Å². The van der Waals surface area contributed by atoms with Gasteiger partial charge in [0.15, 0.2) is 0 Å². The number of rotatable bonds is 6. The van der Waals surface area contributed by atoms with Gasteiger partial charge in [0.1, 0.15) is 12.4 Å². The van der Waals surface area contributed by atoms with Crippen molar-refractivity contribution in [3.63, 3.8) is 0 Å². The molecule has 1 saturated heterocycles. The van der Waals surface area contributed by atoms with E-state index in [4.69, 9.17) is 9.47 Å². The van der Waals surface area contributed by atoms with Gasteiger partial charge in [-0.25, -0.2) is 0 Å². The van der Waals surface area contributed by atoms with Gasteiger partial charge < -0.3 is 14.8 Å². The Hall–Kier alpha value is -2.60. The fourth-order valence-electron chi connectivity index (χ4n) is 3.18. The first-order valence-electron chi connectivity index (χ1n) is 9.37. The summed E-state index contributed by atoms with van der Waals surface area (Å²) in [6, 6.07) is 7.46. The Morgan fingerprint density at radius 1 is 1.37 bits per heavy atom. The second kappa shape index (κ2) is 8.86. The molecule has 2 aromatic rings. The molecule has 27 heavy (non-hydrogen) atoms. The van der Waals surface area contributed by atoms with Gasteiger partial charge in [-0.05, 0) is 51.3 Å². The lowest BCUT2D eigenvalue weighted by molar-refractivity contribution is -0.111. The summed E-state index contributed by atoms with van der Waals surface area (Å²) >= 11 is 0. The van der Waals surface area contributed by atoms with Gasteiger partial charge in [0.2, 0.25) is 5.91 Å². The zero-order valence-electron chi connectivity index (χ0n) is 16.2. The number of hydrogen-bond donors (Lipinski definition) is 1. The third kappa shape index (κ3) is 4.98. The van der Waals surface area contributed by atoms with Crippen LogP contribution in [0.5, 0.6) is 5.75 Å². The van der Waals surface area contributed by atoms with Gasteiger partial charge in [0.25, 0.3) is 0 Å². The second-order valence-electron chi connectivity index (χ2n) is 6.83. The molecule has 0 spiro atoms. The Labute approximate surface area is 160 Å². The Morgan fingerprint density at radius 2 is 2.19 bits per heavy atom. The molecule has 1 aromatic heterocycles. The number of anilines is 1. The van der Waals surface area contributed by atoms with Crippen LogP contribution in [0, 0.1) is 13.8 Å². The van der Waals surface area contributed by atoms with E-state index in [0.29, 0.717) is 18.0 Å². The van der Waals surface area contributed by atoms with Crippen LogP contribution in [0.4, 0.5) is 5.69 Å². The highest BCUT2D eigenvalue weighted by Gasteiger charge is 2.15. The molecule has 144 valence electrons. The molecule has 1 unspecified atom stereocenters. The Kier molecular flexibility index (Phi) is 6.29. The maximum Gasteiger partial charge on any atom is 0.248 e. The number of aryl methyl sites for hydroxylation is 2. The third-order valence-corrected chi connectivity index (χ3v) is 4.81. The van der Waals surface area contributed by atoms with Crippen LogP contribution in [0.3, 0.4) is 0 Å². The maximum atomic E-state index is 12.4. The number of ether oxygens (including phenoxy) is 2. The molecule has 6 nitrogen and oxygen atoms in total. The molecule has 0 radical (unpaired) electrons. The average Bonchev–Trinajstić information content (AvgIpc) is 2.92. The number of hydrogen-bond acceptors (Lipinski definition) is 4. The molecular formula is C21H27N3O3. The first kappa shape index (κ1) is 19.2. The first-order chi connectivity index (χ1) is 13.0. The number of amides is 1. The summed E-state index contributed by atoms with van der Waals surface area (Å²) in [5.41, 5.74) is 3.54. The van der Waals surface area contributed by atoms with Crippen LogP contribution in [0.1, 0.15) is 36.2 Å². The molecule has 0 bridgehead atoms. The normalized spacial score (nSPS) is 17.2. The fourth-order valence-corrected chi connectivity index (χ4v) is 3.18. The molecule has 1 amide bonds. The minimum absolute atomic E-state index is 0.124. The monoisotopic (exact) mass is 369 g/mol. The largest absolute Gasteiger partial charge is 0.489 e. The van der Waals surface area contributed by atoms with Crippen LogP contribution in [0.25, 0.3) is 6.08 Å². The van der Waals surface area contributed by atoms with Crippen molar-refractivity contribution < 1.29 is 14.3 Å². The van der Waals surface area contributed by atoms with Crippen LogP contribution in [-0.2, 0) is 16.6 Å². The van der Waals surface area contributed by atoms with Crippen molar-refractivity contribution in [3.8, 4) is 5.75 Å². The van der Waals surface area contributed by atoms with Gasteiger partial charge in [-0.3, -0.25) is 9.48 Å². The zero-order chi connectivity index (χ0) is 19.2. The van der Waals surface area contributed by atoms with Crippen LogP contribution >= 0.6 is 0 Å². The summed E-state index contributed by atoms with van der Waals surface area (Å²) < 4.78 is 13.4.